The number of aryl methyl sites for hydroxylation is 1. The van der Waals surface area contributed by atoms with E-state index in [2.05, 4.69) is 17.3 Å². The Kier molecular flexibility index (Phi) is 11.1. The van der Waals surface area contributed by atoms with Gasteiger partial charge >= 0.3 is 0 Å². The molecule has 0 spiro atoms. The van der Waals surface area contributed by atoms with E-state index in [9.17, 15) is 4.79 Å². The number of anilines is 1. The molecular formula is C14H27ClN4O. The van der Waals surface area contributed by atoms with Gasteiger partial charge in [0.1, 0.15) is 5.82 Å². The average molecular weight is 303 g/mol. The number of nitrogens with zero attached hydrogens (tertiary/aromatic N) is 2. The lowest BCUT2D eigenvalue weighted by atomic mass is 10.1. The number of unbranched alkanes of at least 4 members (excludes halogenated alkanes) is 4. The van der Waals surface area contributed by atoms with Gasteiger partial charge < -0.3 is 11.1 Å². The zero-order valence-electron chi connectivity index (χ0n) is 12.3. The summed E-state index contributed by atoms with van der Waals surface area (Å²) in [4.78, 5) is 11.8. The molecule has 0 saturated heterocycles. The van der Waals surface area contributed by atoms with Gasteiger partial charge in [-0.2, -0.15) is 5.10 Å². The van der Waals surface area contributed by atoms with Crippen LogP contribution in [0.2, 0.25) is 0 Å². The minimum absolute atomic E-state index is 0. The Morgan fingerprint density at radius 2 is 2.05 bits per heavy atom. The molecule has 0 aromatic carbocycles. The minimum Gasteiger partial charge on any atom is -0.330 e. The first-order valence-electron chi connectivity index (χ1n) is 7.29. The third-order valence-electron chi connectivity index (χ3n) is 3.07. The topological polar surface area (TPSA) is 72.9 Å². The molecule has 0 radical (unpaired) electrons. The predicted molar refractivity (Wildman–Crippen MR) is 85.2 cm³/mol. The molecule has 0 bridgehead atoms. The summed E-state index contributed by atoms with van der Waals surface area (Å²) in [5, 5.41) is 7.14. The molecule has 5 nitrogen and oxygen atoms in total. The Hall–Kier alpha value is -1.07. The normalized spacial score (nSPS) is 10.1. The molecule has 0 saturated carbocycles. The molecule has 1 rings (SSSR count). The fourth-order valence-electron chi connectivity index (χ4n) is 1.91. The quantitative estimate of drug-likeness (QED) is 0.653. The lowest BCUT2D eigenvalue weighted by molar-refractivity contribution is -0.116. The van der Waals surface area contributed by atoms with Crippen molar-refractivity contribution in [1.29, 1.82) is 0 Å². The van der Waals surface area contributed by atoms with Crippen molar-refractivity contribution < 1.29 is 4.79 Å². The summed E-state index contributed by atoms with van der Waals surface area (Å²) in [7, 11) is 0. The van der Waals surface area contributed by atoms with E-state index in [1.54, 1.807) is 6.20 Å². The van der Waals surface area contributed by atoms with Crippen molar-refractivity contribution in [1.82, 2.24) is 9.78 Å². The van der Waals surface area contributed by atoms with Crippen LogP contribution in [0.5, 0.6) is 0 Å². The Morgan fingerprint density at radius 1 is 1.30 bits per heavy atom. The molecule has 1 aromatic rings. The maximum absolute atomic E-state index is 11.8. The van der Waals surface area contributed by atoms with Gasteiger partial charge in [-0.25, -0.2) is 4.68 Å². The number of carbonyl (C=O) groups is 1. The van der Waals surface area contributed by atoms with Crippen molar-refractivity contribution in [3.8, 4) is 0 Å². The number of hydrogen-bond donors (Lipinski definition) is 2. The zero-order valence-corrected chi connectivity index (χ0v) is 13.1. The Morgan fingerprint density at radius 3 is 2.75 bits per heavy atom. The molecule has 0 atom stereocenters. The second-order valence-electron chi connectivity index (χ2n) is 4.79. The van der Waals surface area contributed by atoms with Gasteiger partial charge in [0, 0.05) is 19.0 Å². The van der Waals surface area contributed by atoms with Gasteiger partial charge in [-0.3, -0.25) is 4.79 Å². The molecule has 0 fully saturated rings. The van der Waals surface area contributed by atoms with Crippen LogP contribution < -0.4 is 11.1 Å². The van der Waals surface area contributed by atoms with E-state index in [0.29, 0.717) is 6.42 Å². The van der Waals surface area contributed by atoms with Crippen LogP contribution in [0.15, 0.2) is 12.3 Å². The lowest BCUT2D eigenvalue weighted by Crippen LogP contribution is -2.15. The summed E-state index contributed by atoms with van der Waals surface area (Å²) in [6.07, 6.45) is 8.65. The summed E-state index contributed by atoms with van der Waals surface area (Å²) in [5.41, 5.74) is 5.43. The van der Waals surface area contributed by atoms with E-state index in [0.717, 1.165) is 57.4 Å². The fraction of sp³-hybridized carbons (Fsp3) is 0.714. The highest BCUT2D eigenvalue weighted by molar-refractivity contribution is 5.89. The third kappa shape index (κ3) is 7.50. The monoisotopic (exact) mass is 302 g/mol. The fourth-order valence-corrected chi connectivity index (χ4v) is 1.91. The Balaban J connectivity index is 0.00000361. The number of nitrogens with one attached hydrogen (secondary N) is 1. The van der Waals surface area contributed by atoms with Crippen LogP contribution in [0.3, 0.4) is 0 Å². The van der Waals surface area contributed by atoms with E-state index in [4.69, 9.17) is 5.73 Å². The molecule has 0 aliphatic heterocycles. The van der Waals surface area contributed by atoms with E-state index in [-0.39, 0.29) is 18.3 Å². The number of amides is 1. The van der Waals surface area contributed by atoms with E-state index >= 15 is 0 Å². The van der Waals surface area contributed by atoms with Crippen molar-refractivity contribution in [2.75, 3.05) is 11.9 Å². The van der Waals surface area contributed by atoms with Crippen molar-refractivity contribution in [2.45, 2.75) is 58.4 Å². The molecular weight excluding hydrogens is 276 g/mol. The highest BCUT2D eigenvalue weighted by Crippen LogP contribution is 2.10. The molecule has 0 unspecified atom stereocenters. The number of rotatable bonds is 10. The smallest absolute Gasteiger partial charge is 0.225 e. The van der Waals surface area contributed by atoms with E-state index < -0.39 is 0 Å². The van der Waals surface area contributed by atoms with E-state index in [1.165, 1.54) is 0 Å². The molecule has 1 heterocycles. The molecule has 0 aliphatic rings. The summed E-state index contributed by atoms with van der Waals surface area (Å²) < 4.78 is 1.86. The average Bonchev–Trinajstić information content (AvgIpc) is 2.83. The molecule has 1 amide bonds. The van der Waals surface area contributed by atoms with Crippen molar-refractivity contribution in [2.24, 2.45) is 5.73 Å². The number of halogens is 1. The van der Waals surface area contributed by atoms with Crippen molar-refractivity contribution >= 4 is 24.1 Å². The van der Waals surface area contributed by atoms with Gasteiger partial charge in [0.05, 0.1) is 6.20 Å². The number of hydrogen-bond acceptors (Lipinski definition) is 3. The SMILES string of the molecule is CCCCn1nccc1NC(=O)CCCCCCN.Cl. The highest BCUT2D eigenvalue weighted by atomic mass is 35.5. The van der Waals surface area contributed by atoms with Crippen molar-refractivity contribution in [3.63, 3.8) is 0 Å². The van der Waals surface area contributed by atoms with Gasteiger partial charge in [-0.05, 0) is 25.8 Å². The third-order valence-corrected chi connectivity index (χ3v) is 3.07. The molecule has 0 aliphatic carbocycles. The van der Waals surface area contributed by atoms with Gasteiger partial charge in [0.25, 0.3) is 0 Å². The maximum atomic E-state index is 11.8. The highest BCUT2D eigenvalue weighted by Gasteiger charge is 2.06. The first-order chi connectivity index (χ1) is 9.27. The second-order valence-corrected chi connectivity index (χ2v) is 4.79. The summed E-state index contributed by atoms with van der Waals surface area (Å²) >= 11 is 0. The van der Waals surface area contributed by atoms with Crippen LogP contribution in [0.1, 0.15) is 51.9 Å². The summed E-state index contributed by atoms with van der Waals surface area (Å²) in [6, 6.07) is 1.85. The van der Waals surface area contributed by atoms with Crippen molar-refractivity contribution in [3.05, 3.63) is 12.3 Å². The van der Waals surface area contributed by atoms with Crippen LogP contribution in [0, 0.1) is 0 Å². The van der Waals surface area contributed by atoms with Crippen LogP contribution in [-0.2, 0) is 11.3 Å². The van der Waals surface area contributed by atoms with Crippen LogP contribution in [0.4, 0.5) is 5.82 Å². The number of aromatic nitrogens is 2. The van der Waals surface area contributed by atoms with Crippen LogP contribution in [0.25, 0.3) is 0 Å². The predicted octanol–water partition coefficient (Wildman–Crippen LogP) is 2.95. The zero-order chi connectivity index (χ0) is 13.9. The first kappa shape index (κ1) is 18.9. The number of nitrogens with two attached hydrogens (primary N) is 1. The molecule has 3 N–H and O–H groups in total. The molecule has 116 valence electrons. The van der Waals surface area contributed by atoms with Crippen LogP contribution in [-0.4, -0.2) is 22.2 Å². The van der Waals surface area contributed by atoms with Gasteiger partial charge in [-0.1, -0.05) is 26.2 Å². The van der Waals surface area contributed by atoms with E-state index in [1.807, 2.05) is 10.7 Å². The standard InChI is InChI=1S/C14H26N4O.ClH/c1-2-3-12-18-13(9-11-16-18)17-14(19)8-6-4-5-7-10-15;/h9,11H,2-8,10,12,15H2,1H3,(H,17,19);1H. The first-order valence-corrected chi connectivity index (χ1v) is 7.29. The molecule has 6 heteroatoms. The largest absolute Gasteiger partial charge is 0.330 e. The van der Waals surface area contributed by atoms with Gasteiger partial charge in [-0.15, -0.1) is 12.4 Å². The van der Waals surface area contributed by atoms with Gasteiger partial charge in [0.15, 0.2) is 0 Å². The maximum Gasteiger partial charge on any atom is 0.225 e. The minimum atomic E-state index is 0. The molecule has 1 aromatic heterocycles. The number of carbonyl (C=O) groups excluding carboxylic acids is 1. The lowest BCUT2D eigenvalue weighted by Gasteiger charge is -2.08. The Labute approximate surface area is 127 Å². The van der Waals surface area contributed by atoms with Gasteiger partial charge in [0.2, 0.25) is 5.91 Å². The Bertz CT molecular complexity index is 368. The second kappa shape index (κ2) is 11.7. The molecule has 20 heavy (non-hydrogen) atoms. The van der Waals surface area contributed by atoms with Crippen LogP contribution >= 0.6 is 12.4 Å². The summed E-state index contributed by atoms with van der Waals surface area (Å²) in [5.74, 6) is 0.881. The summed E-state index contributed by atoms with van der Waals surface area (Å²) in [6.45, 7) is 3.74.